The fourth-order valence-electron chi connectivity index (χ4n) is 0.204. The van der Waals surface area contributed by atoms with Crippen molar-refractivity contribution in [3.05, 3.63) is 0 Å². The lowest BCUT2D eigenvalue weighted by Crippen LogP contribution is -1.84. The Morgan fingerprint density at radius 3 is 1.43 bits per heavy atom. The van der Waals surface area contributed by atoms with Gasteiger partial charge in [-0.3, -0.25) is 0 Å². The van der Waals surface area contributed by atoms with Crippen LogP contribution in [0.4, 0.5) is 0 Å². The summed E-state index contributed by atoms with van der Waals surface area (Å²) in [4.78, 5) is 0. The van der Waals surface area contributed by atoms with Crippen molar-refractivity contribution in [1.82, 2.24) is 0 Å². The topological polar surface area (TPSA) is 56.9 Å². The summed E-state index contributed by atoms with van der Waals surface area (Å²) in [7, 11) is 0. The van der Waals surface area contributed by atoms with Gasteiger partial charge in [0.2, 0.25) is 0 Å². The summed E-state index contributed by atoms with van der Waals surface area (Å²) in [6.45, 7) is 5.67. The molecule has 0 aromatic heterocycles. The molecular weight excluding hydrogens is 92.1 g/mol. The first-order valence-electron chi connectivity index (χ1n) is 2.24. The van der Waals surface area contributed by atoms with Gasteiger partial charge in [0.15, 0.2) is 0 Å². The number of rotatable bonds is 2. The second-order valence-electron chi connectivity index (χ2n) is 0.781. The molecule has 0 atom stereocenters. The van der Waals surface area contributed by atoms with Crippen molar-refractivity contribution in [3.63, 3.8) is 0 Å². The zero-order valence-corrected chi connectivity index (χ0v) is 4.82. The Balaban J connectivity index is 0. The van der Waals surface area contributed by atoms with E-state index in [4.69, 9.17) is 15.8 Å². The molecule has 0 amide bonds. The zero-order valence-electron chi connectivity index (χ0n) is 4.82. The van der Waals surface area contributed by atoms with Gasteiger partial charge in [0, 0.05) is 13.2 Å². The number of hydrogen-bond donors (Lipinski definition) is 2. The van der Waals surface area contributed by atoms with Crippen LogP contribution in [0.25, 0.3) is 0 Å². The molecule has 0 aliphatic heterocycles. The molecule has 0 spiro atoms. The normalized spacial score (nSPS) is 6.57. The molecule has 0 radical (unpaired) electrons. The third-order valence-electron chi connectivity index (χ3n) is 0.408. The maximum absolute atomic E-state index is 5.00. The second-order valence-corrected chi connectivity index (χ2v) is 0.781. The quantitative estimate of drug-likeness (QED) is 0.514. The molecule has 3 nitrogen and oxygen atoms in total. The Kier molecular flexibility index (Phi) is 24.6. The molecule has 0 aromatic carbocycles. The van der Waals surface area contributed by atoms with Crippen LogP contribution >= 0.6 is 0 Å². The van der Waals surface area contributed by atoms with Crippen molar-refractivity contribution in [1.29, 1.82) is 11.1 Å². The molecule has 0 aliphatic rings. The first-order valence-corrected chi connectivity index (χ1v) is 2.24. The number of nitrogens with one attached hydrogen (secondary N) is 2. The first-order chi connectivity index (χ1) is 3.41. The molecule has 0 saturated carbocycles. The molecule has 0 aromatic rings. The lowest BCUT2D eigenvalue weighted by atomic mass is 10.8. The van der Waals surface area contributed by atoms with Crippen molar-refractivity contribution in [2.45, 2.75) is 13.8 Å². The van der Waals surface area contributed by atoms with Gasteiger partial charge >= 0.3 is 0 Å². The van der Waals surface area contributed by atoms with Gasteiger partial charge in [-0.25, -0.2) is 11.1 Å². The van der Waals surface area contributed by atoms with E-state index in [0.29, 0.717) is 0 Å². The van der Waals surface area contributed by atoms with E-state index < -0.39 is 0 Å². The van der Waals surface area contributed by atoms with E-state index in [-0.39, 0.29) is 0 Å². The van der Waals surface area contributed by atoms with Crippen LogP contribution in [0.5, 0.6) is 0 Å². The molecular formula is C4H12N2O. The average Bonchev–Trinajstić information content (AvgIpc) is 1.75. The molecule has 44 valence electrons. The summed E-state index contributed by atoms with van der Waals surface area (Å²) < 4.78 is 4.83. The van der Waals surface area contributed by atoms with Gasteiger partial charge in [-0.1, -0.05) is 0 Å². The number of ether oxygens (including phenoxy) is 1. The summed E-state index contributed by atoms with van der Waals surface area (Å²) in [5.74, 6) is 0. The minimum absolute atomic E-state index is 0.844. The highest BCUT2D eigenvalue weighted by molar-refractivity contribution is 4.07. The van der Waals surface area contributed by atoms with Crippen molar-refractivity contribution in [3.8, 4) is 0 Å². The third-order valence-corrected chi connectivity index (χ3v) is 0.408. The van der Waals surface area contributed by atoms with Crippen LogP contribution in [0.2, 0.25) is 0 Å². The monoisotopic (exact) mass is 104 g/mol. The van der Waals surface area contributed by atoms with Crippen LogP contribution < -0.4 is 0 Å². The Morgan fingerprint density at radius 1 is 1.14 bits per heavy atom. The van der Waals surface area contributed by atoms with Crippen LogP contribution in [0.3, 0.4) is 0 Å². The van der Waals surface area contributed by atoms with E-state index in [0.717, 1.165) is 13.2 Å². The third kappa shape index (κ3) is 29.0. The summed E-state index contributed by atoms with van der Waals surface area (Å²) in [6, 6.07) is 0. The molecule has 0 aliphatic carbocycles. The SMILES string of the molecule is CCOCC.N=N. The van der Waals surface area contributed by atoms with Crippen molar-refractivity contribution < 1.29 is 4.74 Å². The molecule has 0 rings (SSSR count). The summed E-state index contributed by atoms with van der Waals surface area (Å²) in [5, 5.41) is 0. The van der Waals surface area contributed by atoms with Crippen molar-refractivity contribution in [2.24, 2.45) is 0 Å². The zero-order chi connectivity index (χ0) is 6.12. The average molecular weight is 104 g/mol. The maximum Gasteiger partial charge on any atom is 0.0437 e. The fraction of sp³-hybridized carbons (Fsp3) is 1.00. The molecule has 3 heteroatoms. The summed E-state index contributed by atoms with van der Waals surface area (Å²) >= 11 is 0. The van der Waals surface area contributed by atoms with Crippen LogP contribution in [-0.4, -0.2) is 13.2 Å². The first kappa shape index (κ1) is 9.75. The Hall–Kier alpha value is -0.440. The van der Waals surface area contributed by atoms with E-state index in [1.165, 1.54) is 0 Å². The molecule has 7 heavy (non-hydrogen) atoms. The predicted molar refractivity (Wildman–Crippen MR) is 27.6 cm³/mol. The van der Waals surface area contributed by atoms with Crippen molar-refractivity contribution >= 4 is 0 Å². The van der Waals surface area contributed by atoms with Gasteiger partial charge in [0.1, 0.15) is 0 Å². The van der Waals surface area contributed by atoms with Gasteiger partial charge in [0.25, 0.3) is 0 Å². The van der Waals surface area contributed by atoms with E-state index in [1.54, 1.807) is 0 Å². The molecule has 0 bridgehead atoms. The summed E-state index contributed by atoms with van der Waals surface area (Å²) in [6.07, 6.45) is 0. The molecule has 0 saturated heterocycles. The second kappa shape index (κ2) is 17.6. The fourth-order valence-corrected chi connectivity index (χ4v) is 0.204. The lowest BCUT2D eigenvalue weighted by molar-refractivity contribution is 0.162. The maximum atomic E-state index is 5.00. The largest absolute Gasteiger partial charge is 0.382 e. The molecule has 0 unspecified atom stereocenters. The van der Waals surface area contributed by atoms with E-state index in [2.05, 4.69) is 0 Å². The highest BCUT2D eigenvalue weighted by atomic mass is 16.5. The highest BCUT2D eigenvalue weighted by Gasteiger charge is 1.64. The van der Waals surface area contributed by atoms with E-state index in [9.17, 15) is 0 Å². The van der Waals surface area contributed by atoms with E-state index in [1.807, 2.05) is 13.8 Å². The van der Waals surface area contributed by atoms with E-state index >= 15 is 0 Å². The van der Waals surface area contributed by atoms with Gasteiger partial charge in [-0.2, -0.15) is 0 Å². The Morgan fingerprint density at radius 2 is 1.43 bits per heavy atom. The van der Waals surface area contributed by atoms with Crippen LogP contribution in [0.15, 0.2) is 0 Å². The molecule has 0 fully saturated rings. The van der Waals surface area contributed by atoms with Gasteiger partial charge < -0.3 is 4.74 Å². The highest BCUT2D eigenvalue weighted by Crippen LogP contribution is 1.64. The van der Waals surface area contributed by atoms with Gasteiger partial charge in [-0.15, -0.1) is 0 Å². The minimum atomic E-state index is 0.844. The van der Waals surface area contributed by atoms with Crippen LogP contribution in [-0.2, 0) is 4.74 Å². The minimum Gasteiger partial charge on any atom is -0.382 e. The molecule has 2 N–H and O–H groups in total. The summed E-state index contributed by atoms with van der Waals surface area (Å²) in [5.41, 5.74) is 10.0. The van der Waals surface area contributed by atoms with Gasteiger partial charge in [-0.05, 0) is 13.8 Å². The Bertz CT molecular complexity index is 23.7. The van der Waals surface area contributed by atoms with Crippen LogP contribution in [0, 0.1) is 11.1 Å². The predicted octanol–water partition coefficient (Wildman–Crippen LogP) is 1.64. The standard InChI is InChI=1S/C4H10O.H2N2/c1-3-5-4-2;1-2/h3-4H2,1-2H3;1-2H. The molecule has 0 heterocycles. The van der Waals surface area contributed by atoms with Crippen molar-refractivity contribution in [2.75, 3.05) is 13.2 Å². The lowest BCUT2D eigenvalue weighted by Gasteiger charge is -1.86. The van der Waals surface area contributed by atoms with Gasteiger partial charge in [0.05, 0.1) is 0 Å². The van der Waals surface area contributed by atoms with Crippen LogP contribution in [0.1, 0.15) is 13.8 Å². The number of hydrogen-bond acceptors (Lipinski definition) is 3. The Labute approximate surface area is 44.0 Å². The smallest absolute Gasteiger partial charge is 0.0437 e.